The van der Waals surface area contributed by atoms with Gasteiger partial charge in [0.15, 0.2) is 0 Å². The van der Waals surface area contributed by atoms with Gasteiger partial charge in [-0.1, -0.05) is 18.2 Å². The molecule has 0 saturated carbocycles. The average molecular weight is 476 g/mol. The second kappa shape index (κ2) is 6.61. The molecule has 0 heterocycles. The molecule has 0 aliphatic heterocycles. The predicted molar refractivity (Wildman–Crippen MR) is 66.0 cm³/mol. The summed E-state index contributed by atoms with van der Waals surface area (Å²) >= 11 is 0. The van der Waals surface area contributed by atoms with E-state index in [-0.39, 0.29) is 18.2 Å². The van der Waals surface area contributed by atoms with Crippen LogP contribution in [0.1, 0.15) is 5.56 Å². The highest BCUT2D eigenvalue weighted by Gasteiger charge is 2.91. The van der Waals surface area contributed by atoms with Gasteiger partial charge in [-0.15, -0.1) is 0 Å². The minimum Gasteiger partial charge on any atom is -0.282 e. The Balaban J connectivity index is 3.78. The molecule has 0 saturated heterocycles. The van der Waals surface area contributed by atoms with Crippen molar-refractivity contribution < 1.29 is 70.0 Å². The molecule has 0 unspecified atom stereocenters. The molecule has 0 aliphatic rings. The maximum atomic E-state index is 14.0. The van der Waals surface area contributed by atoms with Gasteiger partial charge < -0.3 is 0 Å². The van der Waals surface area contributed by atoms with E-state index in [1.165, 1.54) is 0 Å². The number of hydrogen-bond acceptors (Lipinski definition) is 2. The fraction of sp³-hybridized carbons (Fsp3) is 0.500. The Morgan fingerprint density at radius 2 is 1.00 bits per heavy atom. The minimum absolute atomic E-state index is 0.0741. The fourth-order valence-corrected chi connectivity index (χ4v) is 2.61. The molecule has 3 nitrogen and oxygen atoms in total. The molecule has 0 radical (unpaired) electrons. The van der Waals surface area contributed by atoms with Crippen LogP contribution in [0.3, 0.4) is 0 Å². The van der Waals surface area contributed by atoms with E-state index in [9.17, 15) is 65.5 Å². The van der Waals surface area contributed by atoms with Gasteiger partial charge in [-0.2, -0.15) is 65.5 Å². The van der Waals surface area contributed by atoms with Gasteiger partial charge in [0.25, 0.3) is 10.1 Å². The SMILES string of the molecule is O=S(=O)(O)c1ccccc1C(F)(F)C(F)(F)C(F)(F)C(F)(F)C(F)(F)C(F)(F)F. The van der Waals surface area contributed by atoms with Crippen LogP contribution in [-0.2, 0) is 16.0 Å². The van der Waals surface area contributed by atoms with E-state index in [0.29, 0.717) is 6.07 Å². The Hall–Kier alpha value is -1.78. The maximum absolute atomic E-state index is 14.0. The summed E-state index contributed by atoms with van der Waals surface area (Å²) in [4.78, 5) is -2.22. The Morgan fingerprint density at radius 1 is 0.621 bits per heavy atom. The van der Waals surface area contributed by atoms with Crippen LogP contribution in [0.15, 0.2) is 29.2 Å². The van der Waals surface area contributed by atoms with Crippen LogP contribution in [0.2, 0.25) is 0 Å². The molecule has 1 aromatic carbocycles. The van der Waals surface area contributed by atoms with Gasteiger partial charge in [-0.25, -0.2) is 0 Å². The maximum Gasteiger partial charge on any atom is 0.460 e. The summed E-state index contributed by atoms with van der Waals surface area (Å²) in [6.07, 6.45) is -7.56. The first-order valence-electron chi connectivity index (χ1n) is 6.50. The summed E-state index contributed by atoms with van der Waals surface area (Å²) in [6.45, 7) is 0. The summed E-state index contributed by atoms with van der Waals surface area (Å²) in [5.41, 5.74) is -2.77. The van der Waals surface area contributed by atoms with Crippen molar-refractivity contribution in [1.82, 2.24) is 0 Å². The molecule has 0 atom stereocenters. The third-order valence-corrected chi connectivity index (χ3v) is 4.35. The Morgan fingerprint density at radius 3 is 1.38 bits per heavy atom. The van der Waals surface area contributed by atoms with E-state index in [0.717, 1.165) is 0 Å². The first kappa shape index (κ1) is 25.3. The molecule has 0 aromatic heterocycles. The first-order valence-corrected chi connectivity index (χ1v) is 7.94. The van der Waals surface area contributed by atoms with Gasteiger partial charge in [0, 0.05) is 5.56 Å². The van der Waals surface area contributed by atoms with E-state index >= 15 is 0 Å². The molecule has 29 heavy (non-hydrogen) atoms. The molecule has 0 aliphatic carbocycles. The molecule has 168 valence electrons. The molecular formula is C12H5F13O3S. The molecule has 0 amide bonds. The second-order valence-corrected chi connectivity index (χ2v) is 6.73. The lowest BCUT2D eigenvalue weighted by Gasteiger charge is -2.40. The molecule has 1 rings (SSSR count). The van der Waals surface area contributed by atoms with Crippen LogP contribution in [0.4, 0.5) is 57.1 Å². The zero-order valence-electron chi connectivity index (χ0n) is 12.9. The lowest BCUT2D eigenvalue weighted by atomic mass is 9.90. The van der Waals surface area contributed by atoms with E-state index in [2.05, 4.69) is 0 Å². The van der Waals surface area contributed by atoms with Crippen molar-refractivity contribution in [2.24, 2.45) is 0 Å². The Labute approximate surface area is 151 Å². The fourth-order valence-electron chi connectivity index (χ4n) is 1.89. The van der Waals surface area contributed by atoms with E-state index in [1.54, 1.807) is 0 Å². The summed E-state index contributed by atoms with van der Waals surface area (Å²) in [5, 5.41) is 0. The monoisotopic (exact) mass is 476 g/mol. The summed E-state index contributed by atoms with van der Waals surface area (Å²) < 4.78 is 200. The third kappa shape index (κ3) is 3.51. The average Bonchev–Trinajstić information content (AvgIpc) is 2.52. The van der Waals surface area contributed by atoms with Crippen LogP contribution in [0.5, 0.6) is 0 Å². The molecule has 17 heteroatoms. The van der Waals surface area contributed by atoms with Gasteiger partial charge in [0.2, 0.25) is 0 Å². The molecule has 0 spiro atoms. The Kier molecular flexibility index (Phi) is 5.76. The largest absolute Gasteiger partial charge is 0.460 e. The Bertz CT molecular complexity index is 873. The zero-order valence-corrected chi connectivity index (χ0v) is 13.7. The lowest BCUT2D eigenvalue weighted by molar-refractivity contribution is -0.441. The number of halogens is 13. The highest BCUT2D eigenvalue weighted by Crippen LogP contribution is 2.62. The molecular weight excluding hydrogens is 471 g/mol. The van der Waals surface area contributed by atoms with E-state index < -0.39 is 56.4 Å². The van der Waals surface area contributed by atoms with Gasteiger partial charge in [-0.05, 0) is 6.07 Å². The van der Waals surface area contributed by atoms with Crippen molar-refractivity contribution in [2.45, 2.75) is 40.7 Å². The summed E-state index contributed by atoms with van der Waals surface area (Å²) in [5.74, 6) is -38.6. The van der Waals surface area contributed by atoms with Crippen molar-refractivity contribution in [3.05, 3.63) is 29.8 Å². The van der Waals surface area contributed by atoms with Crippen molar-refractivity contribution >= 4 is 10.1 Å². The van der Waals surface area contributed by atoms with Gasteiger partial charge in [0.1, 0.15) is 4.90 Å². The van der Waals surface area contributed by atoms with Crippen molar-refractivity contribution in [2.75, 3.05) is 0 Å². The predicted octanol–water partition coefficient (Wildman–Crippen LogP) is 5.13. The second-order valence-electron chi connectivity index (χ2n) is 5.34. The smallest absolute Gasteiger partial charge is 0.282 e. The van der Waals surface area contributed by atoms with E-state index in [1.807, 2.05) is 0 Å². The van der Waals surface area contributed by atoms with Gasteiger partial charge in [0.05, 0.1) is 0 Å². The summed E-state index contributed by atoms with van der Waals surface area (Å²) in [7, 11) is -5.88. The van der Waals surface area contributed by atoms with Gasteiger partial charge >= 0.3 is 35.8 Å². The first-order chi connectivity index (χ1) is 12.5. The minimum atomic E-state index is -8.11. The summed E-state index contributed by atoms with van der Waals surface area (Å²) in [6, 6.07) is 0.294. The standard InChI is InChI=1S/C12H5F13O3S/c13-7(14,5-3-1-2-4-6(5)29(26,27)28)8(15,16)9(17,18)10(19,20)11(21,22)12(23,24)25/h1-4H,(H,26,27,28). The van der Waals surface area contributed by atoms with Crippen molar-refractivity contribution in [3.8, 4) is 0 Å². The zero-order chi connectivity index (χ0) is 23.5. The topological polar surface area (TPSA) is 54.4 Å². The van der Waals surface area contributed by atoms with Crippen LogP contribution in [0, 0.1) is 0 Å². The third-order valence-electron chi connectivity index (χ3n) is 3.44. The van der Waals surface area contributed by atoms with Gasteiger partial charge in [-0.3, -0.25) is 4.55 Å². The molecule has 1 aromatic rings. The van der Waals surface area contributed by atoms with E-state index in [4.69, 9.17) is 4.55 Å². The normalized spacial score (nSPS) is 15.5. The van der Waals surface area contributed by atoms with Crippen LogP contribution in [-0.4, -0.2) is 42.8 Å². The van der Waals surface area contributed by atoms with Crippen molar-refractivity contribution in [1.29, 1.82) is 0 Å². The molecule has 1 N–H and O–H groups in total. The number of rotatable bonds is 6. The van der Waals surface area contributed by atoms with Crippen LogP contribution < -0.4 is 0 Å². The number of hydrogen-bond donors (Lipinski definition) is 1. The molecule has 0 bridgehead atoms. The highest BCUT2D eigenvalue weighted by molar-refractivity contribution is 7.85. The number of alkyl halides is 13. The molecule has 0 fully saturated rings. The highest BCUT2D eigenvalue weighted by atomic mass is 32.2. The van der Waals surface area contributed by atoms with Crippen molar-refractivity contribution in [3.63, 3.8) is 0 Å². The van der Waals surface area contributed by atoms with Crippen LogP contribution in [0.25, 0.3) is 0 Å². The quantitative estimate of drug-likeness (QED) is 0.458. The van der Waals surface area contributed by atoms with Crippen LogP contribution >= 0.6 is 0 Å². The number of benzene rings is 1. The lowest BCUT2D eigenvalue weighted by Crippen LogP contribution is -2.69.